The highest BCUT2D eigenvalue weighted by molar-refractivity contribution is 5.78. The molecular weight excluding hydrogens is 176 g/mol. The molecule has 2 fully saturated rings. The second-order valence-corrected chi connectivity index (χ2v) is 3.39. The van der Waals surface area contributed by atoms with E-state index >= 15 is 0 Å². The van der Waals surface area contributed by atoms with Crippen molar-refractivity contribution in [2.75, 3.05) is 13.2 Å². The molecule has 13 heavy (non-hydrogen) atoms. The van der Waals surface area contributed by atoms with Crippen molar-refractivity contribution in [1.82, 2.24) is 10.2 Å². The van der Waals surface area contributed by atoms with Crippen LogP contribution in [-0.2, 0) is 0 Å². The van der Waals surface area contributed by atoms with Gasteiger partial charge in [0.2, 0.25) is 0 Å². The van der Waals surface area contributed by atoms with E-state index in [9.17, 15) is 15.0 Å². The van der Waals surface area contributed by atoms with Gasteiger partial charge < -0.3 is 25.5 Å². The second kappa shape index (κ2) is 2.83. The Hall–Kier alpha value is -0.850. The van der Waals surface area contributed by atoms with Gasteiger partial charge in [0, 0.05) is 6.54 Å². The van der Waals surface area contributed by atoms with Gasteiger partial charge in [-0.2, -0.15) is 0 Å². The Morgan fingerprint density at radius 2 is 2.15 bits per heavy atom. The zero-order chi connectivity index (χ0) is 9.59. The quantitative estimate of drug-likeness (QED) is 0.365. The molecule has 2 heterocycles. The summed E-state index contributed by atoms with van der Waals surface area (Å²) in [6.07, 6.45) is -2.00. The lowest BCUT2D eigenvalue weighted by molar-refractivity contribution is 0.0176. The van der Waals surface area contributed by atoms with Crippen molar-refractivity contribution in [3.8, 4) is 0 Å². The van der Waals surface area contributed by atoms with Gasteiger partial charge in [0.15, 0.2) is 0 Å². The Balaban J connectivity index is 2.25. The van der Waals surface area contributed by atoms with Crippen LogP contribution in [0.3, 0.4) is 0 Å². The number of aliphatic hydroxyl groups excluding tert-OH is 3. The van der Waals surface area contributed by atoms with Gasteiger partial charge in [-0.05, 0) is 0 Å². The largest absolute Gasteiger partial charge is 0.394 e. The van der Waals surface area contributed by atoms with Crippen LogP contribution in [0, 0.1) is 0 Å². The van der Waals surface area contributed by atoms with E-state index in [1.165, 1.54) is 4.90 Å². The van der Waals surface area contributed by atoms with Gasteiger partial charge in [-0.25, -0.2) is 4.79 Å². The third kappa shape index (κ3) is 1.03. The van der Waals surface area contributed by atoms with E-state index in [0.717, 1.165) is 0 Å². The maximum Gasteiger partial charge on any atom is 0.318 e. The Labute approximate surface area is 74.8 Å². The van der Waals surface area contributed by atoms with Crippen molar-refractivity contribution in [3.05, 3.63) is 0 Å². The zero-order valence-electron chi connectivity index (χ0n) is 6.92. The van der Waals surface area contributed by atoms with Gasteiger partial charge >= 0.3 is 6.03 Å². The fraction of sp³-hybridized carbons (Fsp3) is 0.857. The summed E-state index contributed by atoms with van der Waals surface area (Å²) in [6, 6.07) is -1.42. The van der Waals surface area contributed by atoms with Gasteiger partial charge in [-0.3, -0.25) is 0 Å². The number of amides is 2. The minimum Gasteiger partial charge on any atom is -0.394 e. The number of aliphatic hydroxyl groups is 3. The van der Waals surface area contributed by atoms with E-state index < -0.39 is 24.3 Å². The lowest BCUT2D eigenvalue weighted by Crippen LogP contribution is -2.43. The van der Waals surface area contributed by atoms with Gasteiger partial charge in [0.25, 0.3) is 0 Å². The van der Waals surface area contributed by atoms with Crippen LogP contribution in [0.15, 0.2) is 0 Å². The molecule has 0 bridgehead atoms. The molecule has 0 spiro atoms. The number of hydrogen-bond donors (Lipinski definition) is 4. The molecule has 2 rings (SSSR count). The standard InChI is InChI=1S/C7H12N2O4/c10-2-4-6(12)5(11)3-1-8-7(13)9(3)4/h3-6,10-12H,1-2H2,(H,8,13)/t3-,4+,5+,6-/m1/s1. The Bertz CT molecular complexity index is 233. The van der Waals surface area contributed by atoms with E-state index in [1.54, 1.807) is 0 Å². The van der Waals surface area contributed by atoms with Crippen LogP contribution in [0.2, 0.25) is 0 Å². The fourth-order valence-corrected chi connectivity index (χ4v) is 2.03. The van der Waals surface area contributed by atoms with Crippen LogP contribution in [0.5, 0.6) is 0 Å². The Kier molecular flexibility index (Phi) is 1.90. The van der Waals surface area contributed by atoms with Crippen LogP contribution in [-0.4, -0.2) is 63.7 Å². The first-order chi connectivity index (χ1) is 6.16. The first-order valence-electron chi connectivity index (χ1n) is 4.20. The first-order valence-corrected chi connectivity index (χ1v) is 4.20. The maximum atomic E-state index is 11.2. The number of nitrogens with zero attached hydrogens (tertiary/aromatic N) is 1. The Morgan fingerprint density at radius 3 is 2.77 bits per heavy atom. The third-order valence-electron chi connectivity index (χ3n) is 2.74. The van der Waals surface area contributed by atoms with Crippen molar-refractivity contribution in [1.29, 1.82) is 0 Å². The number of nitrogens with one attached hydrogen (secondary N) is 1. The highest BCUT2D eigenvalue weighted by Gasteiger charge is 2.52. The second-order valence-electron chi connectivity index (χ2n) is 3.39. The summed E-state index contributed by atoms with van der Waals surface area (Å²) >= 11 is 0. The summed E-state index contributed by atoms with van der Waals surface area (Å²) < 4.78 is 0. The van der Waals surface area contributed by atoms with Crippen LogP contribution in [0.4, 0.5) is 4.79 Å². The molecular formula is C7H12N2O4. The number of fused-ring (bicyclic) bond motifs is 1. The van der Waals surface area contributed by atoms with Gasteiger partial charge in [-0.1, -0.05) is 0 Å². The first kappa shape index (κ1) is 8.74. The van der Waals surface area contributed by atoms with Gasteiger partial charge in [0.1, 0.15) is 12.2 Å². The monoisotopic (exact) mass is 188 g/mol. The summed E-state index contributed by atoms with van der Waals surface area (Å²) in [5.74, 6) is 0. The van der Waals surface area contributed by atoms with Crippen molar-refractivity contribution >= 4 is 6.03 Å². The lowest BCUT2D eigenvalue weighted by atomic mass is 10.1. The average molecular weight is 188 g/mol. The number of rotatable bonds is 1. The lowest BCUT2D eigenvalue weighted by Gasteiger charge is -2.21. The highest BCUT2D eigenvalue weighted by atomic mass is 16.3. The summed E-state index contributed by atoms with van der Waals surface area (Å²) in [7, 11) is 0. The minimum atomic E-state index is -1.04. The van der Waals surface area contributed by atoms with Crippen LogP contribution in [0.25, 0.3) is 0 Å². The summed E-state index contributed by atoms with van der Waals surface area (Å²) in [5, 5.41) is 30.4. The maximum absolute atomic E-state index is 11.2. The highest BCUT2D eigenvalue weighted by Crippen LogP contribution is 2.27. The molecule has 6 nitrogen and oxygen atoms in total. The zero-order valence-corrected chi connectivity index (χ0v) is 6.92. The molecule has 0 saturated carbocycles. The minimum absolute atomic E-state index is 0.327. The molecule has 6 heteroatoms. The number of urea groups is 1. The van der Waals surface area contributed by atoms with Crippen molar-refractivity contribution < 1.29 is 20.1 Å². The summed E-state index contributed by atoms with van der Waals surface area (Å²) in [6.45, 7) is -0.00426. The molecule has 4 atom stereocenters. The van der Waals surface area contributed by atoms with Crippen molar-refractivity contribution in [2.24, 2.45) is 0 Å². The SMILES string of the molecule is O=C1NC[C@@H]2[C@H](O)[C@H](O)[C@H](CO)N12. The number of hydrogen-bond acceptors (Lipinski definition) is 4. The normalized spacial score (nSPS) is 43.6. The molecule has 0 aliphatic carbocycles. The van der Waals surface area contributed by atoms with E-state index in [-0.39, 0.29) is 12.6 Å². The molecule has 2 amide bonds. The molecule has 0 radical (unpaired) electrons. The van der Waals surface area contributed by atoms with Crippen LogP contribution >= 0.6 is 0 Å². The predicted molar refractivity (Wildman–Crippen MR) is 41.9 cm³/mol. The molecule has 0 unspecified atom stereocenters. The molecule has 2 saturated heterocycles. The van der Waals surface area contributed by atoms with Crippen molar-refractivity contribution in [3.63, 3.8) is 0 Å². The third-order valence-corrected chi connectivity index (χ3v) is 2.74. The summed E-state index contributed by atoms with van der Waals surface area (Å²) in [4.78, 5) is 12.5. The van der Waals surface area contributed by atoms with Crippen molar-refractivity contribution in [2.45, 2.75) is 24.3 Å². The topological polar surface area (TPSA) is 93.0 Å². The molecule has 4 N–H and O–H groups in total. The number of carbonyl (C=O) groups is 1. The smallest absolute Gasteiger partial charge is 0.318 e. The van der Waals surface area contributed by atoms with Gasteiger partial charge in [0.05, 0.1) is 18.7 Å². The van der Waals surface area contributed by atoms with E-state index in [0.29, 0.717) is 6.54 Å². The van der Waals surface area contributed by atoms with E-state index in [2.05, 4.69) is 5.32 Å². The molecule has 2 aliphatic rings. The van der Waals surface area contributed by atoms with E-state index in [1.807, 2.05) is 0 Å². The fourth-order valence-electron chi connectivity index (χ4n) is 2.03. The van der Waals surface area contributed by atoms with Crippen LogP contribution in [0.1, 0.15) is 0 Å². The molecule has 0 aromatic rings. The predicted octanol–water partition coefficient (Wildman–Crippen LogP) is -2.52. The molecule has 0 aromatic carbocycles. The molecule has 74 valence electrons. The van der Waals surface area contributed by atoms with E-state index in [4.69, 9.17) is 5.11 Å². The van der Waals surface area contributed by atoms with Crippen LogP contribution < -0.4 is 5.32 Å². The number of carbonyl (C=O) groups excluding carboxylic acids is 1. The Morgan fingerprint density at radius 1 is 1.46 bits per heavy atom. The summed E-state index contributed by atoms with van der Waals surface area (Å²) in [5.41, 5.74) is 0. The average Bonchev–Trinajstić information content (AvgIpc) is 2.58. The molecule has 2 aliphatic heterocycles. The molecule has 0 aromatic heterocycles. The van der Waals surface area contributed by atoms with Gasteiger partial charge in [-0.15, -0.1) is 0 Å².